The number of rotatable bonds is 8. The predicted molar refractivity (Wildman–Crippen MR) is 82.8 cm³/mol. The van der Waals surface area contributed by atoms with E-state index in [1.54, 1.807) is 0 Å². The Balaban J connectivity index is 2.85. The first-order valence-corrected chi connectivity index (χ1v) is 8.75. The minimum Gasteiger partial charge on any atom is -0.353 e. The number of sulfonamides is 1. The molecule has 1 aromatic rings. The van der Waals surface area contributed by atoms with Crippen molar-refractivity contribution in [2.24, 2.45) is 0 Å². The summed E-state index contributed by atoms with van der Waals surface area (Å²) in [6, 6.07) is 2.60. The maximum Gasteiger partial charge on any atom is 0.417 e. The Morgan fingerprint density at radius 3 is 2.42 bits per heavy atom. The van der Waals surface area contributed by atoms with Gasteiger partial charge in [-0.25, -0.2) is 8.42 Å². The Morgan fingerprint density at radius 2 is 1.83 bits per heavy atom. The van der Waals surface area contributed by atoms with Crippen molar-refractivity contribution in [3.63, 3.8) is 0 Å². The monoisotopic (exact) mass is 367 g/mol. The Kier molecular flexibility index (Phi) is 7.18. The zero-order valence-electron chi connectivity index (χ0n) is 13.3. The lowest BCUT2D eigenvalue weighted by Gasteiger charge is -2.17. The van der Waals surface area contributed by atoms with E-state index < -0.39 is 38.6 Å². The van der Waals surface area contributed by atoms with E-state index in [0.29, 0.717) is 19.2 Å². The Bertz CT molecular complexity index is 663. The topological polar surface area (TPSA) is 87.3 Å². The van der Waals surface area contributed by atoms with Crippen molar-refractivity contribution in [2.75, 3.05) is 19.6 Å². The van der Waals surface area contributed by atoms with Gasteiger partial charge in [0.25, 0.3) is 0 Å². The van der Waals surface area contributed by atoms with Crippen molar-refractivity contribution in [1.29, 1.82) is 0 Å². The van der Waals surface area contributed by atoms with E-state index in [1.807, 2.05) is 11.6 Å². The van der Waals surface area contributed by atoms with Crippen LogP contribution in [0.3, 0.4) is 0 Å². The number of benzene rings is 1. The summed E-state index contributed by atoms with van der Waals surface area (Å²) in [6.45, 7) is 4.63. The van der Waals surface area contributed by atoms with Gasteiger partial charge in [-0.1, -0.05) is 19.1 Å². The molecule has 0 saturated heterocycles. The van der Waals surface area contributed by atoms with Crippen LogP contribution in [0.2, 0.25) is 0 Å². The molecule has 1 unspecified atom stereocenters. The number of amides is 1. The fraction of sp³-hybridized carbons (Fsp3) is 0.500. The first-order chi connectivity index (χ1) is 11.1. The molecule has 0 aromatic heterocycles. The third kappa shape index (κ3) is 5.77. The van der Waals surface area contributed by atoms with E-state index in [1.165, 1.54) is 13.0 Å². The molecule has 1 rings (SSSR count). The van der Waals surface area contributed by atoms with Gasteiger partial charge in [0, 0.05) is 13.1 Å². The number of hydrogen-bond acceptors (Lipinski definition) is 4. The van der Waals surface area contributed by atoms with Crippen LogP contribution in [0.15, 0.2) is 29.2 Å². The van der Waals surface area contributed by atoms with Crippen LogP contribution in [-0.2, 0) is 21.0 Å². The van der Waals surface area contributed by atoms with E-state index in [4.69, 9.17) is 0 Å². The SMILES string of the molecule is CCNCCNC(=O)C(C)NS(=O)(=O)c1ccccc1C(F)(F)F. The van der Waals surface area contributed by atoms with Gasteiger partial charge in [0.15, 0.2) is 0 Å². The molecule has 10 heteroatoms. The highest BCUT2D eigenvalue weighted by molar-refractivity contribution is 7.89. The maximum atomic E-state index is 12.9. The molecule has 0 saturated carbocycles. The molecule has 0 spiro atoms. The van der Waals surface area contributed by atoms with E-state index in [0.717, 1.165) is 12.1 Å². The van der Waals surface area contributed by atoms with Gasteiger partial charge < -0.3 is 10.6 Å². The van der Waals surface area contributed by atoms with Crippen molar-refractivity contribution in [3.05, 3.63) is 29.8 Å². The highest BCUT2D eigenvalue weighted by atomic mass is 32.2. The van der Waals surface area contributed by atoms with Crippen molar-refractivity contribution >= 4 is 15.9 Å². The summed E-state index contributed by atoms with van der Waals surface area (Å²) in [7, 11) is -4.50. The molecule has 0 fully saturated rings. The number of halogens is 3. The van der Waals surface area contributed by atoms with E-state index in [2.05, 4.69) is 10.6 Å². The minimum atomic E-state index is -4.82. The summed E-state index contributed by atoms with van der Waals surface area (Å²) in [4.78, 5) is 10.9. The first kappa shape index (κ1) is 20.4. The van der Waals surface area contributed by atoms with Crippen LogP contribution >= 0.6 is 0 Å². The molecule has 0 bridgehead atoms. The zero-order valence-corrected chi connectivity index (χ0v) is 14.1. The van der Waals surface area contributed by atoms with Gasteiger partial charge in [-0.3, -0.25) is 4.79 Å². The van der Waals surface area contributed by atoms with Crippen LogP contribution < -0.4 is 15.4 Å². The van der Waals surface area contributed by atoms with Gasteiger partial charge >= 0.3 is 6.18 Å². The number of carbonyl (C=O) groups is 1. The van der Waals surface area contributed by atoms with Crippen molar-refractivity contribution in [3.8, 4) is 0 Å². The van der Waals surface area contributed by atoms with Gasteiger partial charge in [0.1, 0.15) is 0 Å². The summed E-state index contributed by atoms with van der Waals surface area (Å²) < 4.78 is 65.1. The largest absolute Gasteiger partial charge is 0.417 e. The second kappa shape index (κ2) is 8.45. The minimum absolute atomic E-state index is 0.276. The van der Waals surface area contributed by atoms with Crippen molar-refractivity contribution in [1.82, 2.24) is 15.4 Å². The van der Waals surface area contributed by atoms with E-state index in [-0.39, 0.29) is 6.54 Å². The standard InChI is InChI=1S/C14H20F3N3O3S/c1-3-18-8-9-19-13(21)10(2)20-24(22,23)12-7-5-4-6-11(12)14(15,16)17/h4-7,10,18,20H,3,8-9H2,1-2H3,(H,19,21). The average Bonchev–Trinajstić information content (AvgIpc) is 2.50. The Labute approximate surface area is 138 Å². The third-order valence-corrected chi connectivity index (χ3v) is 4.66. The molecule has 0 aliphatic carbocycles. The molecule has 136 valence electrons. The smallest absolute Gasteiger partial charge is 0.353 e. The number of hydrogen-bond donors (Lipinski definition) is 3. The van der Waals surface area contributed by atoms with Gasteiger partial charge in [0.2, 0.25) is 15.9 Å². The Hall–Kier alpha value is -1.65. The number of alkyl halides is 3. The van der Waals surface area contributed by atoms with Crippen LogP contribution in [0, 0.1) is 0 Å². The fourth-order valence-corrected chi connectivity index (χ4v) is 3.32. The first-order valence-electron chi connectivity index (χ1n) is 7.26. The van der Waals surface area contributed by atoms with E-state index >= 15 is 0 Å². The van der Waals surface area contributed by atoms with Crippen LogP contribution in [0.1, 0.15) is 19.4 Å². The number of likely N-dealkylation sites (N-methyl/N-ethyl adjacent to an activating group) is 1. The molecular weight excluding hydrogens is 347 g/mol. The van der Waals surface area contributed by atoms with Crippen LogP contribution in [0.5, 0.6) is 0 Å². The second-order valence-corrected chi connectivity index (χ2v) is 6.66. The van der Waals surface area contributed by atoms with E-state index in [9.17, 15) is 26.4 Å². The summed E-state index contributed by atoms with van der Waals surface area (Å²) in [6.07, 6.45) is -4.82. The molecular formula is C14H20F3N3O3S. The highest BCUT2D eigenvalue weighted by Crippen LogP contribution is 2.33. The second-order valence-electron chi connectivity index (χ2n) is 4.98. The molecule has 0 radical (unpaired) electrons. The summed E-state index contributed by atoms with van der Waals surface area (Å²) in [5.41, 5.74) is -1.28. The molecule has 0 heterocycles. The van der Waals surface area contributed by atoms with Crippen molar-refractivity contribution in [2.45, 2.75) is 31.0 Å². The summed E-state index contributed by atoms with van der Waals surface area (Å²) in [5.74, 6) is -0.624. The van der Waals surface area contributed by atoms with Crippen molar-refractivity contribution < 1.29 is 26.4 Å². The van der Waals surface area contributed by atoms with Gasteiger partial charge in [-0.2, -0.15) is 17.9 Å². The molecule has 0 aliphatic rings. The number of carbonyl (C=O) groups excluding carboxylic acids is 1. The van der Waals surface area contributed by atoms with Crippen LogP contribution in [0.4, 0.5) is 13.2 Å². The quantitative estimate of drug-likeness (QED) is 0.601. The molecule has 1 aromatic carbocycles. The van der Waals surface area contributed by atoms with Crippen LogP contribution in [0.25, 0.3) is 0 Å². The lowest BCUT2D eigenvalue weighted by atomic mass is 10.2. The van der Waals surface area contributed by atoms with Crippen LogP contribution in [-0.4, -0.2) is 40.0 Å². The summed E-state index contributed by atoms with van der Waals surface area (Å²) >= 11 is 0. The van der Waals surface area contributed by atoms with Gasteiger partial charge in [-0.05, 0) is 25.6 Å². The predicted octanol–water partition coefficient (Wildman–Crippen LogP) is 1.10. The zero-order chi connectivity index (χ0) is 18.4. The molecule has 1 atom stereocenters. The lowest BCUT2D eigenvalue weighted by Crippen LogP contribution is -2.46. The Morgan fingerprint density at radius 1 is 1.21 bits per heavy atom. The molecule has 0 aliphatic heterocycles. The molecule has 1 amide bonds. The maximum absolute atomic E-state index is 12.9. The lowest BCUT2D eigenvalue weighted by molar-refractivity contribution is -0.139. The average molecular weight is 367 g/mol. The molecule has 6 nitrogen and oxygen atoms in total. The highest BCUT2D eigenvalue weighted by Gasteiger charge is 2.37. The third-order valence-electron chi connectivity index (χ3n) is 3.06. The fourth-order valence-electron chi connectivity index (χ4n) is 1.89. The van der Waals surface area contributed by atoms with Gasteiger partial charge in [0.05, 0.1) is 16.5 Å². The summed E-state index contributed by atoms with van der Waals surface area (Å²) in [5, 5.41) is 5.45. The molecule has 3 N–H and O–H groups in total. The number of nitrogens with one attached hydrogen (secondary N) is 3. The van der Waals surface area contributed by atoms with Gasteiger partial charge in [-0.15, -0.1) is 0 Å². The molecule has 24 heavy (non-hydrogen) atoms. The normalized spacial score (nSPS) is 13.5.